The molecule has 3 heteroatoms. The Kier molecular flexibility index (Phi) is 5.12. The molecule has 0 radical (unpaired) electrons. The van der Waals surface area contributed by atoms with Crippen LogP contribution in [0.4, 0.5) is 10.1 Å². The van der Waals surface area contributed by atoms with E-state index in [0.29, 0.717) is 5.56 Å². The average molecular weight is 210 g/mol. The van der Waals surface area contributed by atoms with Crippen molar-refractivity contribution in [3.05, 3.63) is 29.6 Å². The molecule has 0 unspecified atom stereocenters. The lowest BCUT2D eigenvalue weighted by molar-refractivity contribution is 0.618. The number of rotatable bonds is 6. The average Bonchev–Trinajstić information content (AvgIpc) is 2.23. The van der Waals surface area contributed by atoms with Gasteiger partial charge in [-0.15, -0.1) is 0 Å². The Morgan fingerprint density at radius 1 is 1.27 bits per heavy atom. The zero-order chi connectivity index (χ0) is 11.1. The van der Waals surface area contributed by atoms with Crippen LogP contribution in [0.1, 0.15) is 24.8 Å². The lowest BCUT2D eigenvalue weighted by atomic mass is 10.2. The summed E-state index contributed by atoms with van der Waals surface area (Å²) < 4.78 is 13.2. The topological polar surface area (TPSA) is 38.0 Å². The molecular formula is C12H19FN2. The Labute approximate surface area is 90.7 Å². The van der Waals surface area contributed by atoms with Crippen molar-refractivity contribution < 1.29 is 4.39 Å². The Hall–Kier alpha value is -1.09. The minimum absolute atomic E-state index is 0.151. The molecule has 0 heterocycles. The first kappa shape index (κ1) is 12.0. The third kappa shape index (κ3) is 4.30. The van der Waals surface area contributed by atoms with E-state index in [0.717, 1.165) is 38.0 Å². The van der Waals surface area contributed by atoms with Crippen LogP contribution in [0.15, 0.2) is 18.2 Å². The van der Waals surface area contributed by atoms with Gasteiger partial charge in [-0.3, -0.25) is 0 Å². The molecule has 2 nitrogen and oxygen atoms in total. The summed E-state index contributed by atoms with van der Waals surface area (Å²) in [7, 11) is 0. The zero-order valence-electron chi connectivity index (χ0n) is 9.22. The molecule has 0 aromatic heterocycles. The van der Waals surface area contributed by atoms with E-state index in [4.69, 9.17) is 5.73 Å². The lowest BCUT2D eigenvalue weighted by Crippen LogP contribution is -2.04. The van der Waals surface area contributed by atoms with Crippen LogP contribution in [0.2, 0.25) is 0 Å². The minimum Gasteiger partial charge on any atom is -0.385 e. The molecule has 0 bridgehead atoms. The van der Waals surface area contributed by atoms with Gasteiger partial charge in [0.25, 0.3) is 0 Å². The van der Waals surface area contributed by atoms with E-state index in [1.165, 1.54) is 6.07 Å². The predicted molar refractivity (Wildman–Crippen MR) is 62.5 cm³/mol. The molecule has 0 saturated carbocycles. The van der Waals surface area contributed by atoms with Gasteiger partial charge in [0.1, 0.15) is 5.82 Å². The van der Waals surface area contributed by atoms with E-state index in [-0.39, 0.29) is 5.82 Å². The fourth-order valence-electron chi connectivity index (χ4n) is 1.38. The van der Waals surface area contributed by atoms with Gasteiger partial charge in [0, 0.05) is 12.2 Å². The SMILES string of the molecule is Cc1ccc(NCCCCCN)cc1F. The van der Waals surface area contributed by atoms with Crippen LogP contribution >= 0.6 is 0 Å². The monoisotopic (exact) mass is 210 g/mol. The maximum Gasteiger partial charge on any atom is 0.128 e. The molecule has 0 amide bonds. The number of hydrogen-bond donors (Lipinski definition) is 2. The number of halogens is 1. The molecule has 0 atom stereocenters. The lowest BCUT2D eigenvalue weighted by Gasteiger charge is -2.06. The normalized spacial score (nSPS) is 10.3. The molecule has 0 spiro atoms. The fraction of sp³-hybridized carbons (Fsp3) is 0.500. The predicted octanol–water partition coefficient (Wildman–Crippen LogP) is 2.68. The van der Waals surface area contributed by atoms with Gasteiger partial charge >= 0.3 is 0 Å². The van der Waals surface area contributed by atoms with Crippen molar-refractivity contribution in [3.63, 3.8) is 0 Å². The number of aryl methyl sites for hydroxylation is 1. The molecule has 1 aromatic rings. The second kappa shape index (κ2) is 6.40. The van der Waals surface area contributed by atoms with Gasteiger partial charge in [0.05, 0.1) is 0 Å². The molecule has 15 heavy (non-hydrogen) atoms. The number of hydrogen-bond acceptors (Lipinski definition) is 2. The van der Waals surface area contributed by atoms with Gasteiger partial charge in [0.15, 0.2) is 0 Å². The van der Waals surface area contributed by atoms with Crippen molar-refractivity contribution in [2.75, 3.05) is 18.4 Å². The van der Waals surface area contributed by atoms with Gasteiger partial charge in [-0.1, -0.05) is 12.5 Å². The van der Waals surface area contributed by atoms with Crippen LogP contribution in [0.5, 0.6) is 0 Å². The summed E-state index contributed by atoms with van der Waals surface area (Å²) in [6.07, 6.45) is 3.26. The molecule has 0 aliphatic rings. The van der Waals surface area contributed by atoms with Crippen molar-refractivity contribution in [1.29, 1.82) is 0 Å². The summed E-state index contributed by atoms with van der Waals surface area (Å²) in [5, 5.41) is 3.19. The summed E-state index contributed by atoms with van der Waals surface area (Å²) in [6.45, 7) is 3.39. The molecule has 0 aliphatic heterocycles. The largest absolute Gasteiger partial charge is 0.385 e. The molecular weight excluding hydrogens is 191 g/mol. The van der Waals surface area contributed by atoms with Crippen LogP contribution in [0.3, 0.4) is 0 Å². The number of nitrogens with one attached hydrogen (secondary N) is 1. The molecule has 0 saturated heterocycles. The van der Waals surface area contributed by atoms with Crippen molar-refractivity contribution in [3.8, 4) is 0 Å². The summed E-state index contributed by atoms with van der Waals surface area (Å²) in [5.74, 6) is -0.151. The molecule has 1 rings (SSSR count). The Bertz CT molecular complexity index is 300. The smallest absolute Gasteiger partial charge is 0.128 e. The zero-order valence-corrected chi connectivity index (χ0v) is 9.22. The first-order valence-corrected chi connectivity index (χ1v) is 5.44. The second-order valence-electron chi connectivity index (χ2n) is 3.74. The molecule has 84 valence electrons. The first-order chi connectivity index (χ1) is 7.24. The van der Waals surface area contributed by atoms with E-state index in [1.54, 1.807) is 13.0 Å². The van der Waals surface area contributed by atoms with Crippen LogP contribution in [-0.2, 0) is 0 Å². The first-order valence-electron chi connectivity index (χ1n) is 5.44. The van der Waals surface area contributed by atoms with Gasteiger partial charge < -0.3 is 11.1 Å². The van der Waals surface area contributed by atoms with Gasteiger partial charge in [0.2, 0.25) is 0 Å². The Morgan fingerprint density at radius 2 is 2.07 bits per heavy atom. The highest BCUT2D eigenvalue weighted by Crippen LogP contribution is 2.13. The van der Waals surface area contributed by atoms with Crippen molar-refractivity contribution >= 4 is 5.69 Å². The standard InChI is InChI=1S/C12H19FN2/c1-10-5-6-11(9-12(10)13)15-8-4-2-3-7-14/h5-6,9,15H,2-4,7-8,14H2,1H3. The van der Waals surface area contributed by atoms with Gasteiger partial charge in [-0.2, -0.15) is 0 Å². The highest BCUT2D eigenvalue weighted by Gasteiger charge is 1.98. The van der Waals surface area contributed by atoms with E-state index in [1.807, 2.05) is 6.07 Å². The van der Waals surface area contributed by atoms with Crippen LogP contribution in [0, 0.1) is 12.7 Å². The molecule has 3 N–H and O–H groups in total. The van der Waals surface area contributed by atoms with E-state index >= 15 is 0 Å². The fourth-order valence-corrected chi connectivity index (χ4v) is 1.38. The van der Waals surface area contributed by atoms with Gasteiger partial charge in [-0.05, 0) is 44.0 Å². The quantitative estimate of drug-likeness (QED) is 0.708. The van der Waals surface area contributed by atoms with Crippen molar-refractivity contribution in [1.82, 2.24) is 0 Å². The minimum atomic E-state index is -0.151. The van der Waals surface area contributed by atoms with Gasteiger partial charge in [-0.25, -0.2) is 4.39 Å². The molecule has 1 aromatic carbocycles. The Balaban J connectivity index is 2.28. The van der Waals surface area contributed by atoms with E-state index in [9.17, 15) is 4.39 Å². The highest BCUT2D eigenvalue weighted by atomic mass is 19.1. The summed E-state index contributed by atoms with van der Waals surface area (Å²) in [4.78, 5) is 0. The molecule has 0 aliphatic carbocycles. The third-order valence-corrected chi connectivity index (χ3v) is 2.38. The highest BCUT2D eigenvalue weighted by molar-refractivity contribution is 5.44. The molecule has 0 fully saturated rings. The Morgan fingerprint density at radius 3 is 2.73 bits per heavy atom. The van der Waals surface area contributed by atoms with E-state index in [2.05, 4.69) is 5.32 Å². The van der Waals surface area contributed by atoms with Crippen LogP contribution in [0.25, 0.3) is 0 Å². The van der Waals surface area contributed by atoms with Crippen molar-refractivity contribution in [2.45, 2.75) is 26.2 Å². The number of anilines is 1. The van der Waals surface area contributed by atoms with E-state index < -0.39 is 0 Å². The van der Waals surface area contributed by atoms with Crippen LogP contribution < -0.4 is 11.1 Å². The van der Waals surface area contributed by atoms with Crippen molar-refractivity contribution in [2.24, 2.45) is 5.73 Å². The third-order valence-electron chi connectivity index (χ3n) is 2.38. The maximum atomic E-state index is 13.2. The number of unbranched alkanes of at least 4 members (excludes halogenated alkanes) is 2. The summed E-state index contributed by atoms with van der Waals surface area (Å²) >= 11 is 0. The summed E-state index contributed by atoms with van der Waals surface area (Å²) in [6, 6.07) is 5.23. The number of benzene rings is 1. The van der Waals surface area contributed by atoms with Crippen LogP contribution in [-0.4, -0.2) is 13.1 Å². The summed E-state index contributed by atoms with van der Waals surface area (Å²) in [5.41, 5.74) is 6.92. The maximum absolute atomic E-state index is 13.2. The second-order valence-corrected chi connectivity index (χ2v) is 3.74. The number of nitrogens with two attached hydrogens (primary N) is 1.